The topological polar surface area (TPSA) is 97.6 Å². The summed E-state index contributed by atoms with van der Waals surface area (Å²) >= 11 is 3.48. The lowest BCUT2D eigenvalue weighted by atomic mass is 9.64. The molecule has 0 amide bonds. The van der Waals surface area contributed by atoms with Gasteiger partial charge in [0.15, 0.2) is 17.3 Å². The van der Waals surface area contributed by atoms with Gasteiger partial charge in [-0.2, -0.15) is 0 Å². The average molecular weight is 605 g/mol. The molecule has 0 radical (unpaired) electrons. The molecule has 0 saturated carbocycles. The van der Waals surface area contributed by atoms with Crippen LogP contribution in [0.2, 0.25) is 0 Å². The number of Topliss-reactive ketones (excluding diaryl/α,β-unsaturated/α-hetero) is 3. The van der Waals surface area contributed by atoms with E-state index in [-0.39, 0.29) is 28.6 Å². The van der Waals surface area contributed by atoms with Gasteiger partial charge in [0.25, 0.3) is 5.69 Å². The van der Waals surface area contributed by atoms with E-state index in [0.29, 0.717) is 16.7 Å². The van der Waals surface area contributed by atoms with Gasteiger partial charge in [-0.15, -0.1) is 0 Å². The number of fused-ring (bicyclic) bond motifs is 5. The molecule has 2 heterocycles. The molecule has 0 aromatic heterocycles. The number of hydrogen-bond donors (Lipinski definition) is 0. The number of para-hydroxylation sites is 1. The highest BCUT2D eigenvalue weighted by Crippen LogP contribution is 2.61. The molecule has 8 heteroatoms. The lowest BCUT2D eigenvalue weighted by molar-refractivity contribution is -0.384. The monoisotopic (exact) mass is 604 g/mol. The Kier molecular flexibility index (Phi) is 5.66. The summed E-state index contributed by atoms with van der Waals surface area (Å²) in [4.78, 5) is 56.5. The van der Waals surface area contributed by atoms with E-state index in [0.717, 1.165) is 15.7 Å². The number of nitrogens with zero attached hydrogens (tertiary/aromatic N) is 2. The number of rotatable bonds is 4. The van der Waals surface area contributed by atoms with Crippen LogP contribution in [0.25, 0.3) is 6.08 Å². The normalized spacial score (nSPS) is 21.5. The zero-order valence-corrected chi connectivity index (χ0v) is 23.0. The second kappa shape index (κ2) is 9.17. The summed E-state index contributed by atoms with van der Waals surface area (Å²) < 4.78 is 0.821. The summed E-state index contributed by atoms with van der Waals surface area (Å²) in [6, 6.07) is 25.6. The zero-order valence-electron chi connectivity index (χ0n) is 21.4. The Morgan fingerprint density at radius 3 is 2.07 bits per heavy atom. The Bertz CT molecular complexity index is 1780. The minimum absolute atomic E-state index is 0.130. The van der Waals surface area contributed by atoms with Crippen LogP contribution in [0.3, 0.4) is 0 Å². The molecule has 0 bridgehead atoms. The SMILES string of the molecule is O=C(c1ccc([N+](=O)[O-])cc1)[C@@H]1[C@H](c2ccc(Br)cc2)C2(C(=O)c3ccccc3C2=O)[C@@H]2C=Cc3ccccc3N12. The molecule has 3 atom stereocenters. The molecule has 0 N–H and O–H groups in total. The van der Waals surface area contributed by atoms with E-state index in [2.05, 4.69) is 15.9 Å². The van der Waals surface area contributed by atoms with E-state index >= 15 is 0 Å². The van der Waals surface area contributed by atoms with Gasteiger partial charge in [0.1, 0.15) is 11.5 Å². The molecule has 1 aliphatic carbocycles. The van der Waals surface area contributed by atoms with Gasteiger partial charge in [-0.05, 0) is 41.5 Å². The van der Waals surface area contributed by atoms with Crippen LogP contribution >= 0.6 is 15.9 Å². The Labute approximate surface area is 243 Å². The van der Waals surface area contributed by atoms with Gasteiger partial charge >= 0.3 is 0 Å². The van der Waals surface area contributed by atoms with E-state index in [1.807, 2.05) is 65.6 Å². The van der Waals surface area contributed by atoms with Crippen molar-refractivity contribution in [2.45, 2.75) is 18.0 Å². The highest BCUT2D eigenvalue weighted by atomic mass is 79.9. The molecule has 7 rings (SSSR count). The molecule has 4 aromatic rings. The predicted molar refractivity (Wildman–Crippen MR) is 157 cm³/mol. The van der Waals surface area contributed by atoms with E-state index in [4.69, 9.17) is 0 Å². The number of carbonyl (C=O) groups excluding carboxylic acids is 3. The lowest BCUT2D eigenvalue weighted by Gasteiger charge is -2.37. The Balaban J connectivity index is 1.52. The number of hydrogen-bond acceptors (Lipinski definition) is 6. The Hall–Kier alpha value is -4.69. The van der Waals surface area contributed by atoms with Crippen LogP contribution in [0.4, 0.5) is 11.4 Å². The molecule has 200 valence electrons. The average Bonchev–Trinajstić information content (AvgIpc) is 3.43. The van der Waals surface area contributed by atoms with E-state index < -0.39 is 28.3 Å². The molecule has 2 aliphatic heterocycles. The number of nitro groups is 1. The minimum Gasteiger partial charge on any atom is -0.352 e. The summed E-state index contributed by atoms with van der Waals surface area (Å²) in [5, 5.41) is 11.3. The maximum Gasteiger partial charge on any atom is 0.269 e. The second-order valence-electron chi connectivity index (χ2n) is 10.5. The zero-order chi connectivity index (χ0) is 28.5. The van der Waals surface area contributed by atoms with Crippen LogP contribution in [-0.4, -0.2) is 34.4 Å². The number of ketones is 3. The summed E-state index contributed by atoms with van der Waals surface area (Å²) in [6.45, 7) is 0. The van der Waals surface area contributed by atoms with Crippen molar-refractivity contribution in [3.05, 3.63) is 146 Å². The summed E-state index contributed by atoms with van der Waals surface area (Å²) in [7, 11) is 0. The first-order valence-corrected chi connectivity index (χ1v) is 13.9. The molecule has 4 aromatic carbocycles. The van der Waals surface area contributed by atoms with Crippen molar-refractivity contribution in [1.82, 2.24) is 0 Å². The number of halogens is 1. The second-order valence-corrected chi connectivity index (χ2v) is 11.4. The van der Waals surface area contributed by atoms with Gasteiger partial charge < -0.3 is 4.90 Å². The molecule has 1 fully saturated rings. The fraction of sp³-hybridized carbons (Fsp3) is 0.121. The van der Waals surface area contributed by atoms with Crippen molar-refractivity contribution < 1.29 is 19.3 Å². The fourth-order valence-electron chi connectivity index (χ4n) is 6.88. The van der Waals surface area contributed by atoms with Gasteiger partial charge in [-0.3, -0.25) is 24.5 Å². The van der Waals surface area contributed by atoms with E-state index in [1.165, 1.54) is 24.3 Å². The summed E-state index contributed by atoms with van der Waals surface area (Å²) in [6.07, 6.45) is 3.79. The van der Waals surface area contributed by atoms with Crippen molar-refractivity contribution >= 4 is 50.7 Å². The summed E-state index contributed by atoms with van der Waals surface area (Å²) in [5.41, 5.74) is 1.55. The van der Waals surface area contributed by atoms with Crippen LogP contribution in [0.1, 0.15) is 48.1 Å². The lowest BCUT2D eigenvalue weighted by Crippen LogP contribution is -2.48. The van der Waals surface area contributed by atoms with Gasteiger partial charge in [0.05, 0.1) is 11.0 Å². The smallest absolute Gasteiger partial charge is 0.269 e. The van der Waals surface area contributed by atoms with Gasteiger partial charge in [-0.1, -0.05) is 82.7 Å². The van der Waals surface area contributed by atoms with Crippen LogP contribution in [0.5, 0.6) is 0 Å². The molecular formula is C33H21BrN2O5. The van der Waals surface area contributed by atoms with Crippen molar-refractivity contribution in [2.24, 2.45) is 5.41 Å². The largest absolute Gasteiger partial charge is 0.352 e. The number of nitro benzene ring substituents is 1. The molecule has 0 unspecified atom stereocenters. The Morgan fingerprint density at radius 1 is 0.829 bits per heavy atom. The fourth-order valence-corrected chi connectivity index (χ4v) is 7.14. The number of anilines is 1. The van der Waals surface area contributed by atoms with Crippen LogP contribution in [-0.2, 0) is 0 Å². The van der Waals surface area contributed by atoms with Crippen LogP contribution in [0.15, 0.2) is 108 Å². The highest BCUT2D eigenvalue weighted by molar-refractivity contribution is 9.10. The first-order chi connectivity index (χ1) is 19.8. The van der Waals surface area contributed by atoms with Gasteiger partial charge in [-0.25, -0.2) is 0 Å². The number of benzene rings is 4. The van der Waals surface area contributed by atoms with Crippen molar-refractivity contribution in [3.63, 3.8) is 0 Å². The third-order valence-corrected chi connectivity index (χ3v) is 9.10. The maximum absolute atomic E-state index is 14.6. The molecule has 1 saturated heterocycles. The highest BCUT2D eigenvalue weighted by Gasteiger charge is 2.71. The van der Waals surface area contributed by atoms with Crippen LogP contribution < -0.4 is 4.90 Å². The number of non-ortho nitro benzene ring substituents is 1. The maximum atomic E-state index is 14.6. The van der Waals surface area contributed by atoms with Gasteiger partial charge in [0, 0.05) is 44.9 Å². The first-order valence-electron chi connectivity index (χ1n) is 13.1. The van der Waals surface area contributed by atoms with E-state index in [1.54, 1.807) is 24.3 Å². The minimum atomic E-state index is -1.59. The first kappa shape index (κ1) is 25.3. The molecule has 7 nitrogen and oxygen atoms in total. The molecule has 1 spiro atoms. The van der Waals surface area contributed by atoms with E-state index in [9.17, 15) is 24.5 Å². The third-order valence-electron chi connectivity index (χ3n) is 8.57. The standard InChI is InChI=1S/C33H21BrN2O5/c34-22-14-9-20(10-15-22)28-29(30(37)21-11-16-23(17-12-21)36(40)41)35-26-8-4-1-5-19(26)13-18-27(35)33(28)31(38)24-6-2-3-7-25(24)32(33)39/h1-18,27-29H/t27-,28-,29-/m0/s1. The molecule has 41 heavy (non-hydrogen) atoms. The predicted octanol–water partition coefficient (Wildman–Crippen LogP) is 6.67. The Morgan fingerprint density at radius 2 is 1.44 bits per heavy atom. The van der Waals surface area contributed by atoms with Crippen molar-refractivity contribution in [2.75, 3.05) is 4.90 Å². The quantitative estimate of drug-likeness (QED) is 0.112. The molecule has 3 aliphatic rings. The molecular weight excluding hydrogens is 584 g/mol. The third kappa shape index (κ3) is 3.47. The van der Waals surface area contributed by atoms with Crippen molar-refractivity contribution in [3.8, 4) is 0 Å². The van der Waals surface area contributed by atoms with Crippen molar-refractivity contribution in [1.29, 1.82) is 0 Å². The summed E-state index contributed by atoms with van der Waals surface area (Å²) in [5.74, 6) is -1.77. The van der Waals surface area contributed by atoms with Gasteiger partial charge in [0.2, 0.25) is 0 Å². The number of carbonyl (C=O) groups is 3. The van der Waals surface area contributed by atoms with Crippen LogP contribution in [0, 0.1) is 15.5 Å².